The van der Waals surface area contributed by atoms with Gasteiger partial charge in [-0.15, -0.1) is 0 Å². The molecule has 3 rings (SSSR count). The number of aldehydes is 1. The van der Waals surface area contributed by atoms with Gasteiger partial charge in [0, 0.05) is 29.8 Å². The smallest absolute Gasteiger partial charge is 0.327 e. The van der Waals surface area contributed by atoms with Crippen LogP contribution in [-0.4, -0.2) is 365 Å². The second kappa shape index (κ2) is 44.1. The van der Waals surface area contributed by atoms with Crippen LogP contribution in [0.15, 0.2) is 35.3 Å². The molecule has 33 N–H and O–H groups in total. The lowest BCUT2D eigenvalue weighted by Crippen LogP contribution is -2.66. The molecule has 3 aromatic rings. The van der Waals surface area contributed by atoms with Gasteiger partial charge in [-0.3, -0.25) is 62.5 Å². The molecule has 0 radical (unpaired) electrons. The van der Waals surface area contributed by atoms with Gasteiger partial charge < -0.3 is 166 Å². The second-order valence-electron chi connectivity index (χ2n) is 23.6. The number of nitrogens with two attached hydrogens (primary N) is 1. The Kier molecular flexibility index (Phi) is 37.5. The lowest BCUT2D eigenvalue weighted by atomic mass is 9.97. The highest BCUT2D eigenvalue weighted by Crippen LogP contribution is 2.17. The van der Waals surface area contributed by atoms with E-state index in [4.69, 9.17) is 5.73 Å². The monoisotopic (exact) mass is 1580 g/mol. The Morgan fingerprint density at radius 1 is 0.477 bits per heavy atom. The van der Waals surface area contributed by atoms with Crippen LogP contribution in [0.2, 0.25) is 0 Å². The van der Waals surface area contributed by atoms with Crippen molar-refractivity contribution in [1.82, 2.24) is 67.8 Å². The maximum atomic E-state index is 14.3. The second-order valence-corrected chi connectivity index (χ2v) is 24.0. The zero-order valence-electron chi connectivity index (χ0n) is 56.3. The fraction of sp³-hybridized carbons (Fsp3) is 0.552. The fourth-order valence-electron chi connectivity index (χ4n) is 9.45. The summed E-state index contributed by atoms with van der Waals surface area (Å²) in [6, 6.07) is -18.0. The number of amides is 9. The Bertz CT molecular complexity index is 3740. The number of benzene rings is 1. The fourth-order valence-corrected chi connectivity index (χ4v) is 9.70. The summed E-state index contributed by atoms with van der Waals surface area (Å²) in [5.74, 6) is -24.7. The van der Waals surface area contributed by atoms with E-state index in [1.165, 1.54) is 30.5 Å². The Morgan fingerprint density at radius 2 is 0.853 bits per heavy atom. The van der Waals surface area contributed by atoms with Gasteiger partial charge in [-0.2, -0.15) is 17.6 Å². The summed E-state index contributed by atoms with van der Waals surface area (Å²) in [6.45, 7) is -5.69. The van der Waals surface area contributed by atoms with Crippen molar-refractivity contribution in [3.63, 3.8) is 0 Å². The SMILES string of the molecule is Nc1nc2ncc(CNc3ccc(C(=O)N[C@@H](CCC(=O)N[C@H](C(=O)N[C@@H](CC(=O)O)C(=O)N[C@H](C(=O)N[C@@H](CC(=O)O)C(=O)N[C@H](C(=O)N[C@@H](CC=O)C(=O)N[C@H](C(=O)N[C@@H](CS)C(=O)O)[C@@H](O)[C@H](O)[C@H](O)CO)[C@@H](O)[C@H](O)[C@H](O)CO)[C@@H](O)[C@H](O)[C@H](O)CO)[C@@H](O)[C@H](O)[C@H](O)CO)C(=O)O)cc3)nc2c(=O)[nH]1. The van der Waals surface area contributed by atoms with Crippen molar-refractivity contribution in [2.24, 2.45) is 0 Å². The first-order valence-electron chi connectivity index (χ1n) is 31.7. The molecule has 0 aliphatic carbocycles. The Hall–Kier alpha value is -10.5. The molecule has 51 heteroatoms. The van der Waals surface area contributed by atoms with Gasteiger partial charge in [-0.1, -0.05) is 0 Å². The van der Waals surface area contributed by atoms with Gasteiger partial charge in [0.2, 0.25) is 53.2 Å². The highest BCUT2D eigenvalue weighted by Gasteiger charge is 2.46. The van der Waals surface area contributed by atoms with Gasteiger partial charge in [0.1, 0.15) is 134 Å². The highest BCUT2D eigenvalue weighted by molar-refractivity contribution is 7.80. The van der Waals surface area contributed by atoms with Crippen molar-refractivity contribution < 1.29 is 169 Å². The number of carboxylic acids is 4. The van der Waals surface area contributed by atoms with E-state index in [2.05, 4.69) is 43.2 Å². The molecule has 21 atom stereocenters. The van der Waals surface area contributed by atoms with Crippen LogP contribution >= 0.6 is 12.6 Å². The van der Waals surface area contributed by atoms with E-state index in [0.717, 1.165) is 0 Å². The third-order valence-corrected chi connectivity index (χ3v) is 16.0. The van der Waals surface area contributed by atoms with Crippen molar-refractivity contribution in [3.05, 3.63) is 52.1 Å². The van der Waals surface area contributed by atoms with E-state index >= 15 is 0 Å². The molecule has 0 unspecified atom stereocenters. The van der Waals surface area contributed by atoms with Crippen molar-refractivity contribution >= 4 is 119 Å². The number of hydrogen-bond donors (Lipinski definition) is 33. The molecule has 0 saturated carbocycles. The third kappa shape index (κ3) is 27.6. The van der Waals surface area contributed by atoms with E-state index in [1.54, 1.807) is 37.2 Å². The Morgan fingerprint density at radius 3 is 1.22 bits per heavy atom. The Labute approximate surface area is 615 Å². The average Bonchev–Trinajstić information content (AvgIpc) is 0.818. The summed E-state index contributed by atoms with van der Waals surface area (Å²) in [5, 5.41) is 224. The number of rotatable bonds is 48. The predicted molar refractivity (Wildman–Crippen MR) is 357 cm³/mol. The quantitative estimate of drug-likeness (QED) is 0.0184. The van der Waals surface area contributed by atoms with Gasteiger partial charge in [0.05, 0.1) is 57.7 Å². The van der Waals surface area contributed by atoms with Gasteiger partial charge in [-0.25, -0.2) is 19.6 Å². The molecule has 606 valence electrons. The first-order valence-corrected chi connectivity index (χ1v) is 32.4. The van der Waals surface area contributed by atoms with E-state index in [0.29, 0.717) is 5.69 Å². The van der Waals surface area contributed by atoms with Gasteiger partial charge >= 0.3 is 23.9 Å². The number of anilines is 2. The molecular formula is C58H83N15O35S. The summed E-state index contributed by atoms with van der Waals surface area (Å²) >= 11 is 3.74. The van der Waals surface area contributed by atoms with Crippen LogP contribution in [0.3, 0.4) is 0 Å². The minimum Gasteiger partial charge on any atom is -0.481 e. The minimum atomic E-state index is -3.06. The number of thiol groups is 1. The molecule has 0 aliphatic rings. The van der Waals surface area contributed by atoms with Gasteiger partial charge in [0.25, 0.3) is 11.5 Å². The molecule has 0 fully saturated rings. The highest BCUT2D eigenvalue weighted by atomic mass is 32.1. The number of nitrogens with one attached hydrogen (secondary N) is 11. The van der Waals surface area contributed by atoms with Gasteiger partial charge in [0.15, 0.2) is 11.2 Å². The van der Waals surface area contributed by atoms with E-state index in [-0.39, 0.29) is 41.2 Å². The van der Waals surface area contributed by atoms with Crippen LogP contribution < -0.4 is 64.5 Å². The minimum absolute atomic E-state index is 0.0145. The average molecular weight is 1580 g/mol. The number of nitrogen functional groups attached to an aromatic ring is 1. The van der Waals surface area contributed by atoms with E-state index in [9.17, 15) is 174 Å². The van der Waals surface area contributed by atoms with Crippen molar-refractivity contribution in [2.45, 2.75) is 166 Å². The summed E-state index contributed by atoms with van der Waals surface area (Å²) in [7, 11) is 0. The van der Waals surface area contributed by atoms with Crippen LogP contribution in [-0.2, 0) is 68.9 Å². The Balaban J connectivity index is 2.00. The number of aromatic nitrogens is 4. The standard InChI is InChI=1S/C58H83N15O35S/c59-58-72-46-37(55(104)73-58)62-20(12-61-46)11-60-19-3-1-18(2-4-19)47(96)64-22(56(105)106)5-6-30(83)68-33(42(92)38(88)26(79)13-75)51(100)65-23(9-31(84)85)49(98)71-35(44(94)40(90)28(81)15-77)53(102)66-24(10-32(86)87)50(99)70-34(43(93)39(89)27(80)14-76)52(101)63-21(7-8-74)48(97)69-36(45(95)41(91)29(82)16-78)54(103)67-25(17-109)57(107)108/h1-4,8,12,21-29,33-36,38-45,60,75-82,88-95,109H,5-7,9-11,13-17H2,(H,63,101)(H,64,96)(H,65,100)(H,66,102)(H,67,103)(H,68,83)(H,69,97)(H,70,99)(H,71,98)(H,84,85)(H,86,87)(H,105,106)(H,107,108)(H3,59,61,72,73,104)/t21-,22-,23-,24-,25-,26+,27+,28+,29+,33-,34-,35-,36-,38+,39+,40+,41+,42+,43+,44+,45+/m0/s1. The number of fused-ring (bicyclic) bond motifs is 1. The summed E-state index contributed by atoms with van der Waals surface area (Å²) in [4.78, 5) is 212. The summed E-state index contributed by atoms with van der Waals surface area (Å²) in [6.07, 6.45) is -37.5. The first kappa shape index (κ1) is 92.7. The predicted octanol–water partition coefficient (Wildman–Crippen LogP) is -17.4. The number of H-pyrrole nitrogens is 1. The van der Waals surface area contributed by atoms with Crippen molar-refractivity contribution in [1.29, 1.82) is 0 Å². The van der Waals surface area contributed by atoms with E-state index < -0.39 is 275 Å². The molecule has 2 heterocycles. The van der Waals surface area contributed by atoms with Crippen LogP contribution in [0.4, 0.5) is 11.6 Å². The van der Waals surface area contributed by atoms with Crippen LogP contribution in [0.1, 0.15) is 48.2 Å². The van der Waals surface area contributed by atoms with Crippen LogP contribution in [0.5, 0.6) is 0 Å². The van der Waals surface area contributed by atoms with Crippen LogP contribution in [0.25, 0.3) is 11.2 Å². The zero-order chi connectivity index (χ0) is 82.6. The molecule has 1 aromatic carbocycles. The maximum absolute atomic E-state index is 14.3. The largest absolute Gasteiger partial charge is 0.481 e. The summed E-state index contributed by atoms with van der Waals surface area (Å²) in [5.41, 5.74) is 5.20. The van der Waals surface area contributed by atoms with Crippen molar-refractivity contribution in [2.75, 3.05) is 43.2 Å². The van der Waals surface area contributed by atoms with Crippen molar-refractivity contribution in [3.8, 4) is 0 Å². The number of carbonyl (C=O) groups excluding carboxylic acids is 10. The van der Waals surface area contributed by atoms with E-state index in [1.807, 2.05) is 5.32 Å². The number of aliphatic hydroxyl groups excluding tert-OH is 16. The molecule has 2 aromatic heterocycles. The maximum Gasteiger partial charge on any atom is 0.327 e. The third-order valence-electron chi connectivity index (χ3n) is 15.6. The molecule has 0 saturated heterocycles. The number of carboxylic acid groups (broad SMARTS) is 4. The molecule has 0 aliphatic heterocycles. The normalized spacial score (nSPS) is 17.2. The molecule has 50 nitrogen and oxygen atoms in total. The topological polar surface area (TPSA) is 861 Å². The molecule has 9 amide bonds. The number of hydrogen-bond acceptors (Lipinski definition) is 37. The number of aromatic amines is 1. The molecule has 0 bridgehead atoms. The number of nitrogens with zero attached hydrogens (tertiary/aromatic N) is 3. The number of carbonyl (C=O) groups is 14. The first-order chi connectivity index (χ1) is 51.1. The molecule has 0 spiro atoms. The lowest BCUT2D eigenvalue weighted by molar-refractivity contribution is -0.147. The van der Waals surface area contributed by atoms with Crippen LogP contribution in [0, 0.1) is 0 Å². The molecular weight excluding hydrogens is 1500 g/mol. The van der Waals surface area contributed by atoms with Gasteiger partial charge in [-0.05, 0) is 30.7 Å². The summed E-state index contributed by atoms with van der Waals surface area (Å²) < 4.78 is 0. The number of aliphatic carboxylic acids is 4. The zero-order valence-corrected chi connectivity index (χ0v) is 57.2. The number of aliphatic hydroxyl groups is 16. The molecule has 109 heavy (non-hydrogen) atoms. The lowest BCUT2D eigenvalue weighted by Gasteiger charge is -2.33.